The number of rotatable bonds is 6. The molecule has 0 aliphatic carbocycles. The lowest BCUT2D eigenvalue weighted by Crippen LogP contribution is -2.20. The molecule has 0 bridgehead atoms. The van der Waals surface area contributed by atoms with E-state index in [9.17, 15) is 5.11 Å². The second-order valence-electron chi connectivity index (χ2n) is 3.62. The first kappa shape index (κ1) is 13.8. The maximum atomic E-state index is 9.77. The number of hydrogen-bond donors (Lipinski definition) is 1. The number of ether oxygens (including phenoxy) is 1. The minimum Gasteiger partial charge on any atom is -0.491 e. The Hall–Kier alpha value is -1.62. The van der Waals surface area contributed by atoms with E-state index < -0.39 is 6.10 Å². The molecule has 1 atom stereocenters. The summed E-state index contributed by atoms with van der Waals surface area (Å²) in [5.41, 5.74) is 2.24. The van der Waals surface area contributed by atoms with E-state index in [4.69, 9.17) is 10.00 Å². The first-order valence-corrected chi connectivity index (χ1v) is 7.34. The zero-order chi connectivity index (χ0) is 13.5. The summed E-state index contributed by atoms with van der Waals surface area (Å²) < 4.78 is 6.26. The Kier molecular flexibility index (Phi) is 5.15. The second kappa shape index (κ2) is 7.09. The molecule has 1 aromatic heterocycles. The van der Waals surface area contributed by atoms with E-state index in [1.807, 2.05) is 6.07 Å². The van der Waals surface area contributed by atoms with Crippen LogP contribution in [0.15, 0.2) is 34.1 Å². The fourth-order valence-corrected chi connectivity index (χ4v) is 2.68. The van der Waals surface area contributed by atoms with Crippen molar-refractivity contribution in [3.05, 3.63) is 35.3 Å². The molecular weight excluding hydrogens is 282 g/mol. The van der Waals surface area contributed by atoms with E-state index in [-0.39, 0.29) is 6.61 Å². The molecule has 19 heavy (non-hydrogen) atoms. The predicted octanol–water partition coefficient (Wildman–Crippen LogP) is 1.94. The Bertz CT molecular complexity index is 537. The van der Waals surface area contributed by atoms with Gasteiger partial charge in [-0.25, -0.2) is 0 Å². The minimum atomic E-state index is -0.579. The highest BCUT2D eigenvalue weighted by atomic mass is 32.2. The smallest absolute Gasteiger partial charge is 0.174 e. The summed E-state index contributed by atoms with van der Waals surface area (Å²) in [6.07, 6.45) is -0.579. The maximum absolute atomic E-state index is 9.77. The molecule has 5 nitrogen and oxygen atoms in total. The van der Waals surface area contributed by atoms with Gasteiger partial charge in [0.15, 0.2) is 4.34 Å². The molecule has 7 heteroatoms. The van der Waals surface area contributed by atoms with Gasteiger partial charge in [-0.1, -0.05) is 23.1 Å². The van der Waals surface area contributed by atoms with Gasteiger partial charge < -0.3 is 9.84 Å². The highest BCUT2D eigenvalue weighted by Gasteiger charge is 2.08. The molecule has 0 unspecified atom stereocenters. The number of benzene rings is 1. The normalized spacial score (nSPS) is 11.8. The number of aromatic nitrogens is 2. The number of aliphatic hydroxyl groups excluding tert-OH is 1. The molecule has 0 amide bonds. The number of nitriles is 1. The summed E-state index contributed by atoms with van der Waals surface area (Å²) in [5.74, 6) is 1.14. The van der Waals surface area contributed by atoms with Crippen molar-refractivity contribution < 1.29 is 9.84 Å². The largest absolute Gasteiger partial charge is 0.491 e. The van der Waals surface area contributed by atoms with E-state index in [1.54, 1.807) is 29.8 Å². The summed E-state index contributed by atoms with van der Waals surface area (Å²) in [7, 11) is 0. The van der Waals surface area contributed by atoms with Crippen molar-refractivity contribution in [2.45, 2.75) is 10.4 Å². The summed E-state index contributed by atoms with van der Waals surface area (Å²) in [4.78, 5) is 0. The molecule has 1 heterocycles. The van der Waals surface area contributed by atoms with Crippen LogP contribution in [0.4, 0.5) is 0 Å². The van der Waals surface area contributed by atoms with E-state index in [0.717, 1.165) is 4.34 Å². The first-order chi connectivity index (χ1) is 9.28. The lowest BCUT2D eigenvalue weighted by atomic mass is 10.2. The third-order valence-corrected chi connectivity index (χ3v) is 4.17. The zero-order valence-corrected chi connectivity index (χ0v) is 11.5. The molecule has 0 radical (unpaired) electrons. The lowest BCUT2D eigenvalue weighted by molar-refractivity contribution is 0.126. The van der Waals surface area contributed by atoms with Crippen LogP contribution >= 0.6 is 23.1 Å². The third-order valence-electron chi connectivity index (χ3n) is 2.17. The molecule has 2 rings (SSSR count). The van der Waals surface area contributed by atoms with Crippen molar-refractivity contribution in [3.8, 4) is 11.8 Å². The summed E-state index contributed by atoms with van der Waals surface area (Å²) in [5, 5.41) is 26.0. The van der Waals surface area contributed by atoms with Gasteiger partial charge in [-0.05, 0) is 24.3 Å². The average Bonchev–Trinajstić information content (AvgIpc) is 2.96. The van der Waals surface area contributed by atoms with Crippen LogP contribution < -0.4 is 4.74 Å². The Labute approximate surface area is 118 Å². The van der Waals surface area contributed by atoms with E-state index in [0.29, 0.717) is 17.1 Å². The monoisotopic (exact) mass is 293 g/mol. The molecule has 2 aromatic rings. The van der Waals surface area contributed by atoms with Gasteiger partial charge in [0, 0.05) is 5.75 Å². The highest BCUT2D eigenvalue weighted by molar-refractivity contribution is 8.01. The molecule has 98 valence electrons. The highest BCUT2D eigenvalue weighted by Crippen LogP contribution is 2.20. The van der Waals surface area contributed by atoms with Crippen molar-refractivity contribution in [1.29, 1.82) is 5.26 Å². The molecular formula is C12H11N3O2S2. The molecule has 0 saturated carbocycles. The Morgan fingerprint density at radius 3 is 2.84 bits per heavy atom. The fraction of sp³-hybridized carbons (Fsp3) is 0.250. The molecule has 0 aliphatic rings. The quantitative estimate of drug-likeness (QED) is 0.820. The molecule has 0 spiro atoms. The number of hydrogen-bond acceptors (Lipinski definition) is 7. The van der Waals surface area contributed by atoms with Crippen molar-refractivity contribution >= 4 is 23.1 Å². The van der Waals surface area contributed by atoms with E-state index >= 15 is 0 Å². The van der Waals surface area contributed by atoms with Crippen molar-refractivity contribution in [1.82, 2.24) is 10.2 Å². The van der Waals surface area contributed by atoms with E-state index in [1.165, 1.54) is 23.1 Å². The van der Waals surface area contributed by atoms with Crippen LogP contribution in [0.3, 0.4) is 0 Å². The molecule has 1 N–H and O–H groups in total. The van der Waals surface area contributed by atoms with Gasteiger partial charge in [0.2, 0.25) is 0 Å². The van der Waals surface area contributed by atoms with Gasteiger partial charge >= 0.3 is 0 Å². The Balaban J connectivity index is 1.73. The maximum Gasteiger partial charge on any atom is 0.174 e. The van der Waals surface area contributed by atoms with Crippen LogP contribution in [0.5, 0.6) is 5.75 Å². The van der Waals surface area contributed by atoms with Gasteiger partial charge in [0.25, 0.3) is 0 Å². The van der Waals surface area contributed by atoms with Gasteiger partial charge in [0.05, 0.1) is 17.7 Å². The molecule has 0 fully saturated rings. The van der Waals surface area contributed by atoms with Crippen molar-refractivity contribution in [2.24, 2.45) is 0 Å². The Morgan fingerprint density at radius 2 is 2.21 bits per heavy atom. The van der Waals surface area contributed by atoms with Crippen LogP contribution in [0.2, 0.25) is 0 Å². The third kappa shape index (κ3) is 4.52. The second-order valence-corrected chi connectivity index (χ2v) is 5.72. The number of thioether (sulfide) groups is 1. The number of nitrogens with zero attached hydrogens (tertiary/aromatic N) is 3. The molecule has 1 aromatic carbocycles. The average molecular weight is 293 g/mol. The van der Waals surface area contributed by atoms with Crippen LogP contribution in [0, 0.1) is 11.3 Å². The Morgan fingerprint density at radius 1 is 1.42 bits per heavy atom. The van der Waals surface area contributed by atoms with Gasteiger partial charge in [-0.15, -0.1) is 10.2 Å². The standard InChI is InChI=1S/C12H11N3O2S2/c13-5-9-1-3-11(4-2-9)17-6-10(16)7-18-12-15-14-8-19-12/h1-4,8,10,16H,6-7H2/t10-/m1/s1. The zero-order valence-electron chi connectivity index (χ0n) is 9.89. The van der Waals surface area contributed by atoms with Crippen molar-refractivity contribution in [3.63, 3.8) is 0 Å². The fourth-order valence-electron chi connectivity index (χ4n) is 1.26. The van der Waals surface area contributed by atoms with Gasteiger partial charge in [-0.3, -0.25) is 0 Å². The topological polar surface area (TPSA) is 79.0 Å². The number of aliphatic hydroxyl groups is 1. The summed E-state index contributed by atoms with van der Waals surface area (Å²) in [6.45, 7) is 0.206. The SMILES string of the molecule is N#Cc1ccc(OC[C@@H](O)CSc2nncs2)cc1. The first-order valence-electron chi connectivity index (χ1n) is 5.48. The summed E-state index contributed by atoms with van der Waals surface area (Å²) >= 11 is 2.89. The van der Waals surface area contributed by atoms with E-state index in [2.05, 4.69) is 10.2 Å². The van der Waals surface area contributed by atoms with Crippen LogP contribution in [-0.4, -0.2) is 33.8 Å². The van der Waals surface area contributed by atoms with Crippen LogP contribution in [0.1, 0.15) is 5.56 Å². The van der Waals surface area contributed by atoms with Crippen LogP contribution in [0.25, 0.3) is 0 Å². The summed E-state index contributed by atoms with van der Waals surface area (Å²) in [6, 6.07) is 8.81. The van der Waals surface area contributed by atoms with Gasteiger partial charge in [0.1, 0.15) is 17.9 Å². The van der Waals surface area contributed by atoms with Gasteiger partial charge in [-0.2, -0.15) is 5.26 Å². The minimum absolute atomic E-state index is 0.206. The molecule has 0 aliphatic heterocycles. The van der Waals surface area contributed by atoms with Crippen LogP contribution in [-0.2, 0) is 0 Å². The van der Waals surface area contributed by atoms with Crippen molar-refractivity contribution in [2.75, 3.05) is 12.4 Å². The predicted molar refractivity (Wildman–Crippen MR) is 73.3 cm³/mol. The molecule has 0 saturated heterocycles. The lowest BCUT2D eigenvalue weighted by Gasteiger charge is -2.11.